The van der Waals surface area contributed by atoms with Crippen molar-refractivity contribution in [1.82, 2.24) is 0 Å². The van der Waals surface area contributed by atoms with Gasteiger partial charge in [0.1, 0.15) is 11.9 Å². The molecule has 4 atom stereocenters. The van der Waals surface area contributed by atoms with Crippen LogP contribution in [0.4, 0.5) is 0 Å². The van der Waals surface area contributed by atoms with Gasteiger partial charge in [-0.25, -0.2) is 4.79 Å². The van der Waals surface area contributed by atoms with Crippen LogP contribution in [-0.2, 0) is 23.9 Å². The molecule has 0 spiro atoms. The molecule has 0 N–H and O–H groups in total. The standard InChI is InChI=1S/C29H36O6/c1-18-12-13-24(31)28(5,6)15-14-19(2)26(32)29(35-21(4)30)17-20(3)25(23(29)16-18)34-27(33)22-10-8-7-9-11-22/h7-11,14,16,20,23,25H,12-13,15,17H2,1-6H3. The lowest BCUT2D eigenvalue weighted by molar-refractivity contribution is -0.168. The van der Waals surface area contributed by atoms with Crippen LogP contribution < -0.4 is 0 Å². The number of hydrogen-bond donors (Lipinski definition) is 0. The number of benzene rings is 1. The van der Waals surface area contributed by atoms with Gasteiger partial charge in [-0.1, -0.05) is 56.7 Å². The van der Waals surface area contributed by atoms with Crippen molar-refractivity contribution in [1.29, 1.82) is 0 Å². The van der Waals surface area contributed by atoms with Crippen LogP contribution >= 0.6 is 0 Å². The fourth-order valence-corrected chi connectivity index (χ4v) is 5.18. The smallest absolute Gasteiger partial charge is 0.338 e. The highest BCUT2D eigenvalue weighted by molar-refractivity contribution is 6.03. The number of fused-ring (bicyclic) bond motifs is 1. The minimum Gasteiger partial charge on any atom is -0.458 e. The zero-order valence-corrected chi connectivity index (χ0v) is 21.6. The van der Waals surface area contributed by atoms with Gasteiger partial charge >= 0.3 is 11.9 Å². The predicted molar refractivity (Wildman–Crippen MR) is 133 cm³/mol. The number of ketones is 2. The van der Waals surface area contributed by atoms with Gasteiger partial charge < -0.3 is 9.47 Å². The molecule has 6 nitrogen and oxygen atoms in total. The predicted octanol–water partition coefficient (Wildman–Crippen LogP) is 5.41. The van der Waals surface area contributed by atoms with Gasteiger partial charge in [-0.05, 0) is 50.3 Å². The minimum atomic E-state index is -1.48. The summed E-state index contributed by atoms with van der Waals surface area (Å²) in [7, 11) is 0. The molecule has 0 saturated heterocycles. The van der Waals surface area contributed by atoms with E-state index in [9.17, 15) is 19.2 Å². The summed E-state index contributed by atoms with van der Waals surface area (Å²) in [6.07, 6.45) is 4.50. The monoisotopic (exact) mass is 480 g/mol. The number of rotatable bonds is 3. The van der Waals surface area contributed by atoms with E-state index in [4.69, 9.17) is 9.47 Å². The molecule has 1 saturated carbocycles. The average Bonchev–Trinajstić information content (AvgIpc) is 3.05. The van der Waals surface area contributed by atoms with E-state index >= 15 is 0 Å². The van der Waals surface area contributed by atoms with Crippen molar-refractivity contribution < 1.29 is 28.7 Å². The molecule has 0 bridgehead atoms. The maximum Gasteiger partial charge on any atom is 0.338 e. The first-order valence-corrected chi connectivity index (χ1v) is 12.2. The summed E-state index contributed by atoms with van der Waals surface area (Å²) in [5.41, 5.74) is -0.353. The molecular formula is C29H36O6. The molecule has 0 aliphatic heterocycles. The molecule has 4 unspecified atom stereocenters. The van der Waals surface area contributed by atoms with Crippen LogP contribution in [0.25, 0.3) is 0 Å². The first kappa shape index (κ1) is 26.6. The second kappa shape index (κ2) is 10.3. The Hall–Kier alpha value is -3.02. The molecule has 2 aliphatic rings. The number of allylic oxidation sites excluding steroid dienone is 2. The fourth-order valence-electron chi connectivity index (χ4n) is 5.18. The van der Waals surface area contributed by atoms with E-state index in [1.807, 2.05) is 39.8 Å². The number of carbonyl (C=O) groups excluding carboxylic acids is 4. The maximum atomic E-state index is 13.9. The van der Waals surface area contributed by atoms with Crippen molar-refractivity contribution in [3.05, 3.63) is 59.2 Å². The Kier molecular flexibility index (Phi) is 7.83. The van der Waals surface area contributed by atoms with Gasteiger partial charge in [0.2, 0.25) is 5.78 Å². The lowest BCUT2D eigenvalue weighted by Crippen LogP contribution is -2.48. The van der Waals surface area contributed by atoms with E-state index in [1.165, 1.54) is 6.92 Å². The molecule has 188 valence electrons. The van der Waals surface area contributed by atoms with Gasteiger partial charge in [0.25, 0.3) is 0 Å². The zero-order valence-electron chi connectivity index (χ0n) is 21.6. The van der Waals surface area contributed by atoms with Crippen molar-refractivity contribution in [3.8, 4) is 0 Å². The third-order valence-electron chi connectivity index (χ3n) is 7.28. The molecule has 35 heavy (non-hydrogen) atoms. The summed E-state index contributed by atoms with van der Waals surface area (Å²) < 4.78 is 11.8. The average molecular weight is 481 g/mol. The number of Topliss-reactive ketones (excluding diaryl/α,β-unsaturated/α-hetero) is 2. The minimum absolute atomic E-state index is 0.125. The zero-order chi connectivity index (χ0) is 26.0. The second-order valence-electron chi connectivity index (χ2n) is 10.7. The van der Waals surface area contributed by atoms with E-state index in [-0.39, 0.29) is 23.9 Å². The van der Waals surface area contributed by atoms with Crippen molar-refractivity contribution in [3.63, 3.8) is 0 Å². The van der Waals surface area contributed by atoms with E-state index in [2.05, 4.69) is 0 Å². The van der Waals surface area contributed by atoms with Crippen LogP contribution in [0.3, 0.4) is 0 Å². The largest absolute Gasteiger partial charge is 0.458 e. The summed E-state index contributed by atoms with van der Waals surface area (Å²) in [6, 6.07) is 8.68. The number of hydrogen-bond acceptors (Lipinski definition) is 6. The van der Waals surface area contributed by atoms with Gasteiger partial charge in [-0.15, -0.1) is 0 Å². The molecule has 0 radical (unpaired) electrons. The number of carbonyl (C=O) groups is 4. The van der Waals surface area contributed by atoms with Crippen molar-refractivity contribution in [2.24, 2.45) is 17.3 Å². The second-order valence-corrected chi connectivity index (χ2v) is 10.7. The molecule has 1 aromatic carbocycles. The van der Waals surface area contributed by atoms with Gasteiger partial charge in [0, 0.05) is 25.2 Å². The Morgan fingerprint density at radius 3 is 2.31 bits per heavy atom. The van der Waals surface area contributed by atoms with E-state index < -0.39 is 35.0 Å². The summed E-state index contributed by atoms with van der Waals surface area (Å²) in [5.74, 6) is -2.15. The molecule has 0 heterocycles. The first-order valence-electron chi connectivity index (χ1n) is 12.2. The van der Waals surface area contributed by atoms with Crippen LogP contribution in [0.1, 0.15) is 77.6 Å². The van der Waals surface area contributed by atoms with Crippen molar-refractivity contribution >= 4 is 23.5 Å². The van der Waals surface area contributed by atoms with Gasteiger partial charge in [-0.2, -0.15) is 0 Å². The first-order chi connectivity index (χ1) is 16.4. The third-order valence-corrected chi connectivity index (χ3v) is 7.28. The summed E-state index contributed by atoms with van der Waals surface area (Å²) in [5, 5.41) is 0. The summed E-state index contributed by atoms with van der Waals surface area (Å²) >= 11 is 0. The Morgan fingerprint density at radius 2 is 1.69 bits per heavy atom. The molecule has 0 amide bonds. The number of ether oxygens (including phenoxy) is 2. The maximum absolute atomic E-state index is 13.9. The van der Waals surface area contributed by atoms with Gasteiger partial charge in [0.05, 0.1) is 11.5 Å². The van der Waals surface area contributed by atoms with Crippen molar-refractivity contribution in [2.75, 3.05) is 0 Å². The fraction of sp³-hybridized carbons (Fsp3) is 0.517. The Balaban J connectivity index is 2.11. The lowest BCUT2D eigenvalue weighted by Gasteiger charge is -2.34. The van der Waals surface area contributed by atoms with E-state index in [0.717, 1.165) is 5.57 Å². The van der Waals surface area contributed by atoms with Crippen LogP contribution in [0.15, 0.2) is 53.6 Å². The summed E-state index contributed by atoms with van der Waals surface area (Å²) in [6.45, 7) is 10.6. The van der Waals surface area contributed by atoms with Crippen LogP contribution in [0.5, 0.6) is 0 Å². The molecule has 2 aliphatic carbocycles. The highest BCUT2D eigenvalue weighted by Crippen LogP contribution is 2.48. The van der Waals surface area contributed by atoms with Gasteiger partial charge in [-0.3, -0.25) is 14.4 Å². The molecule has 0 aromatic heterocycles. The SMILES string of the molecule is CC(=O)OC12CC(C)C(OC(=O)c3ccccc3)C1C=C(C)CCC(=O)C(C)(C)CC=C(C)C2=O. The molecule has 1 aromatic rings. The van der Waals surface area contributed by atoms with Gasteiger partial charge in [0.15, 0.2) is 5.60 Å². The number of esters is 2. The molecule has 3 rings (SSSR count). The van der Waals surface area contributed by atoms with Crippen LogP contribution in [-0.4, -0.2) is 35.2 Å². The Labute approximate surface area is 207 Å². The van der Waals surface area contributed by atoms with E-state index in [1.54, 1.807) is 37.3 Å². The normalized spacial score (nSPS) is 29.1. The molecule has 6 heteroatoms. The summed E-state index contributed by atoms with van der Waals surface area (Å²) in [4.78, 5) is 52.1. The van der Waals surface area contributed by atoms with Crippen LogP contribution in [0.2, 0.25) is 0 Å². The highest BCUT2D eigenvalue weighted by atomic mass is 16.6. The van der Waals surface area contributed by atoms with Crippen molar-refractivity contribution in [2.45, 2.75) is 78.9 Å². The lowest BCUT2D eigenvalue weighted by atomic mass is 9.77. The molecular weight excluding hydrogens is 444 g/mol. The van der Waals surface area contributed by atoms with Crippen LogP contribution in [0, 0.1) is 17.3 Å². The quantitative estimate of drug-likeness (QED) is 0.425. The Bertz CT molecular complexity index is 1060. The van der Waals surface area contributed by atoms with E-state index in [0.29, 0.717) is 30.4 Å². The Morgan fingerprint density at radius 1 is 1.03 bits per heavy atom. The third kappa shape index (κ3) is 5.63. The topological polar surface area (TPSA) is 86.7 Å². The highest BCUT2D eigenvalue weighted by Gasteiger charge is 2.60. The molecule has 1 fully saturated rings.